The number of hydrogen-bond donors (Lipinski definition) is 0. The molecule has 0 saturated heterocycles. The summed E-state index contributed by atoms with van der Waals surface area (Å²) in [5.74, 6) is 1.68. The Balaban J connectivity index is 1.81. The van der Waals surface area contributed by atoms with Crippen molar-refractivity contribution in [1.29, 1.82) is 0 Å². The summed E-state index contributed by atoms with van der Waals surface area (Å²) in [5, 5.41) is 0. The fraction of sp³-hybridized carbons (Fsp3) is 0.345. The largest absolute Gasteiger partial charge is 0.478 e. The molecule has 2 atom stereocenters. The van der Waals surface area contributed by atoms with E-state index in [9.17, 15) is 4.79 Å². The molecule has 0 spiro atoms. The second-order valence-corrected chi connectivity index (χ2v) is 9.77. The first kappa shape index (κ1) is 24.4. The van der Waals surface area contributed by atoms with E-state index in [1.807, 2.05) is 99.6 Å². The Hall–Kier alpha value is -3.27. The first-order chi connectivity index (χ1) is 15.6. The van der Waals surface area contributed by atoms with Gasteiger partial charge < -0.3 is 14.2 Å². The van der Waals surface area contributed by atoms with Crippen LogP contribution in [0.3, 0.4) is 0 Å². The minimum Gasteiger partial charge on any atom is -0.478 e. The first-order valence-corrected chi connectivity index (χ1v) is 11.4. The van der Waals surface area contributed by atoms with Crippen molar-refractivity contribution >= 4 is 5.97 Å². The highest BCUT2D eigenvalue weighted by molar-refractivity contribution is 5.76. The quantitative estimate of drug-likeness (QED) is 0.336. The predicted octanol–water partition coefficient (Wildman–Crippen LogP) is 7.52. The lowest BCUT2D eigenvalue weighted by atomic mass is 9.84. The van der Waals surface area contributed by atoms with E-state index in [0.717, 1.165) is 16.9 Å². The van der Waals surface area contributed by atoms with Gasteiger partial charge in [-0.05, 0) is 48.9 Å². The minimum absolute atomic E-state index is 0.0489. The summed E-state index contributed by atoms with van der Waals surface area (Å²) in [6, 6.07) is 25.0. The highest BCUT2D eigenvalue weighted by Crippen LogP contribution is 2.38. The lowest BCUT2D eigenvalue weighted by Crippen LogP contribution is -2.37. The zero-order valence-electron chi connectivity index (χ0n) is 20.4. The van der Waals surface area contributed by atoms with Gasteiger partial charge >= 0.3 is 5.97 Å². The average molecular weight is 447 g/mol. The third-order valence-corrected chi connectivity index (χ3v) is 5.28. The summed E-state index contributed by atoms with van der Waals surface area (Å²) in [5.41, 5.74) is 1.69. The lowest BCUT2D eigenvalue weighted by Gasteiger charge is -2.33. The number of hydrogen-bond acceptors (Lipinski definition) is 4. The molecule has 0 fully saturated rings. The summed E-state index contributed by atoms with van der Waals surface area (Å²) in [7, 11) is 0. The van der Waals surface area contributed by atoms with E-state index in [-0.39, 0.29) is 17.3 Å². The van der Waals surface area contributed by atoms with Crippen LogP contribution in [0.1, 0.15) is 51.8 Å². The maximum absolute atomic E-state index is 13.3. The molecular formula is C29H34O4. The summed E-state index contributed by atoms with van der Waals surface area (Å²) >= 11 is 0. The molecule has 174 valence electrons. The van der Waals surface area contributed by atoms with Crippen LogP contribution in [0.5, 0.6) is 17.2 Å². The van der Waals surface area contributed by atoms with Crippen LogP contribution in [-0.2, 0) is 9.53 Å². The number of carbonyl (C=O) groups excluding carboxylic acids is 1. The molecule has 0 radical (unpaired) electrons. The molecule has 0 bridgehead atoms. The molecule has 0 aliphatic carbocycles. The number of benzene rings is 3. The highest BCUT2D eigenvalue weighted by Gasteiger charge is 2.35. The summed E-state index contributed by atoms with van der Waals surface area (Å²) in [6.07, 6.45) is -1.17. The minimum atomic E-state index is -0.707. The molecule has 0 saturated carbocycles. The Kier molecular flexibility index (Phi) is 7.80. The first-order valence-electron chi connectivity index (χ1n) is 11.4. The van der Waals surface area contributed by atoms with E-state index < -0.39 is 12.2 Å². The van der Waals surface area contributed by atoms with Gasteiger partial charge in [0.1, 0.15) is 23.4 Å². The van der Waals surface area contributed by atoms with Gasteiger partial charge in [-0.1, -0.05) is 82.6 Å². The van der Waals surface area contributed by atoms with E-state index in [1.54, 1.807) is 0 Å². The standard InChI is InChI=1S/C29H34O4/c1-20(2)26(32-24-17-15-21(3)16-18-24)28(30)33-27(29(4,5)6)22-11-10-14-25(19-22)31-23-12-8-7-9-13-23/h7-20,26-27H,1-6H3. The molecule has 4 nitrogen and oxygen atoms in total. The van der Waals surface area contributed by atoms with Gasteiger partial charge in [0.05, 0.1) is 0 Å². The average Bonchev–Trinajstić information content (AvgIpc) is 2.76. The molecule has 33 heavy (non-hydrogen) atoms. The molecule has 0 N–H and O–H groups in total. The fourth-order valence-electron chi connectivity index (χ4n) is 3.51. The lowest BCUT2D eigenvalue weighted by molar-refractivity contribution is -0.166. The number of carbonyl (C=O) groups is 1. The van der Waals surface area contributed by atoms with Crippen LogP contribution in [0.25, 0.3) is 0 Å². The van der Waals surface area contributed by atoms with Crippen molar-refractivity contribution in [1.82, 2.24) is 0 Å². The Morgan fingerprint density at radius 2 is 1.42 bits per heavy atom. The van der Waals surface area contributed by atoms with Gasteiger partial charge in [0.25, 0.3) is 0 Å². The summed E-state index contributed by atoms with van der Waals surface area (Å²) < 4.78 is 18.1. The molecule has 2 unspecified atom stereocenters. The normalized spacial score (nSPS) is 13.3. The number of aryl methyl sites for hydroxylation is 1. The third kappa shape index (κ3) is 6.85. The second kappa shape index (κ2) is 10.6. The fourth-order valence-corrected chi connectivity index (χ4v) is 3.51. The van der Waals surface area contributed by atoms with Crippen LogP contribution in [0.2, 0.25) is 0 Å². The predicted molar refractivity (Wildman–Crippen MR) is 132 cm³/mol. The topological polar surface area (TPSA) is 44.8 Å². The molecule has 0 amide bonds. The van der Waals surface area contributed by atoms with Gasteiger partial charge in [0.15, 0.2) is 6.10 Å². The van der Waals surface area contributed by atoms with Crippen LogP contribution in [0.15, 0.2) is 78.9 Å². The molecule has 3 rings (SSSR count). The van der Waals surface area contributed by atoms with Crippen molar-refractivity contribution < 1.29 is 19.0 Å². The molecule has 0 aliphatic heterocycles. The molecule has 0 heterocycles. The Labute approximate surface area is 197 Å². The van der Waals surface area contributed by atoms with Gasteiger partial charge in [0, 0.05) is 11.3 Å². The van der Waals surface area contributed by atoms with Gasteiger partial charge in [-0.25, -0.2) is 4.79 Å². The molecular weight excluding hydrogens is 412 g/mol. The van der Waals surface area contributed by atoms with Crippen molar-refractivity contribution in [2.75, 3.05) is 0 Å². The zero-order chi connectivity index (χ0) is 24.0. The van der Waals surface area contributed by atoms with E-state index in [1.165, 1.54) is 0 Å². The number of esters is 1. The van der Waals surface area contributed by atoms with Crippen LogP contribution in [0, 0.1) is 18.3 Å². The summed E-state index contributed by atoms with van der Waals surface area (Å²) in [4.78, 5) is 13.3. The van der Waals surface area contributed by atoms with Crippen molar-refractivity contribution in [3.63, 3.8) is 0 Å². The van der Waals surface area contributed by atoms with Gasteiger partial charge in [-0.15, -0.1) is 0 Å². The number of rotatable bonds is 8. The zero-order valence-corrected chi connectivity index (χ0v) is 20.4. The van der Waals surface area contributed by atoms with Crippen LogP contribution >= 0.6 is 0 Å². The van der Waals surface area contributed by atoms with Crippen LogP contribution in [0.4, 0.5) is 0 Å². The van der Waals surface area contributed by atoms with Crippen LogP contribution < -0.4 is 9.47 Å². The maximum atomic E-state index is 13.3. The van der Waals surface area contributed by atoms with Crippen molar-refractivity contribution in [2.45, 2.75) is 53.8 Å². The van der Waals surface area contributed by atoms with Gasteiger partial charge in [-0.2, -0.15) is 0 Å². The Morgan fingerprint density at radius 3 is 2.03 bits per heavy atom. The van der Waals surface area contributed by atoms with Gasteiger partial charge in [-0.3, -0.25) is 0 Å². The van der Waals surface area contributed by atoms with Crippen molar-refractivity contribution in [2.24, 2.45) is 11.3 Å². The van der Waals surface area contributed by atoms with E-state index in [2.05, 4.69) is 20.8 Å². The molecule has 0 aliphatic rings. The van der Waals surface area contributed by atoms with Crippen LogP contribution in [-0.4, -0.2) is 12.1 Å². The number of para-hydroxylation sites is 1. The van der Waals surface area contributed by atoms with E-state index in [0.29, 0.717) is 11.5 Å². The molecule has 0 aromatic heterocycles. The van der Waals surface area contributed by atoms with Gasteiger partial charge in [0.2, 0.25) is 0 Å². The second-order valence-electron chi connectivity index (χ2n) is 9.77. The molecule has 4 heteroatoms. The number of ether oxygens (including phenoxy) is 3. The monoisotopic (exact) mass is 446 g/mol. The maximum Gasteiger partial charge on any atom is 0.348 e. The SMILES string of the molecule is Cc1ccc(OC(C(=O)OC(c2cccc(Oc3ccccc3)c2)C(C)(C)C)C(C)C)cc1. The molecule has 3 aromatic carbocycles. The molecule has 3 aromatic rings. The smallest absolute Gasteiger partial charge is 0.348 e. The van der Waals surface area contributed by atoms with Crippen molar-refractivity contribution in [3.05, 3.63) is 90.0 Å². The van der Waals surface area contributed by atoms with E-state index in [4.69, 9.17) is 14.2 Å². The van der Waals surface area contributed by atoms with E-state index >= 15 is 0 Å². The Bertz CT molecular complexity index is 1030. The highest BCUT2D eigenvalue weighted by atomic mass is 16.6. The Morgan fingerprint density at radius 1 is 0.788 bits per heavy atom. The summed E-state index contributed by atoms with van der Waals surface area (Å²) in [6.45, 7) is 12.1. The third-order valence-electron chi connectivity index (χ3n) is 5.28. The van der Waals surface area contributed by atoms with Crippen molar-refractivity contribution in [3.8, 4) is 17.2 Å².